The van der Waals surface area contributed by atoms with Crippen LogP contribution in [0.25, 0.3) is 11.5 Å². The van der Waals surface area contributed by atoms with Gasteiger partial charge in [0.2, 0.25) is 5.89 Å². The van der Waals surface area contributed by atoms with Crippen molar-refractivity contribution in [2.75, 3.05) is 7.05 Å². The molecule has 2 aromatic carbocycles. The number of rotatable bonds is 5. The average molecular weight is 378 g/mol. The first-order valence-electron chi connectivity index (χ1n) is 8.29. The standard InChI is InChI=1S/C20H18F4N2O/c1-13-18(25-19(27-13)15-6-4-8-17(21)10-15)12-26(2)11-14-5-3-7-16(9-14)20(22,23)24/h3-10H,11-12H2,1-2H3. The summed E-state index contributed by atoms with van der Waals surface area (Å²) in [6.45, 7) is 2.47. The number of hydrogen-bond acceptors (Lipinski definition) is 3. The number of aromatic nitrogens is 1. The van der Waals surface area contributed by atoms with Gasteiger partial charge in [-0.1, -0.05) is 24.3 Å². The van der Waals surface area contributed by atoms with Gasteiger partial charge in [-0.3, -0.25) is 4.90 Å². The third kappa shape index (κ3) is 4.74. The van der Waals surface area contributed by atoms with E-state index in [4.69, 9.17) is 4.42 Å². The van der Waals surface area contributed by atoms with E-state index in [1.807, 2.05) is 4.90 Å². The van der Waals surface area contributed by atoms with Crippen LogP contribution in [0.3, 0.4) is 0 Å². The minimum absolute atomic E-state index is 0.314. The molecule has 0 saturated heterocycles. The third-order valence-electron chi connectivity index (χ3n) is 4.09. The van der Waals surface area contributed by atoms with Crippen molar-refractivity contribution in [3.8, 4) is 11.5 Å². The van der Waals surface area contributed by atoms with Gasteiger partial charge in [0, 0.05) is 18.7 Å². The minimum atomic E-state index is -4.36. The van der Waals surface area contributed by atoms with E-state index in [-0.39, 0.29) is 5.82 Å². The molecule has 0 amide bonds. The Hall–Kier alpha value is -2.67. The highest BCUT2D eigenvalue weighted by Gasteiger charge is 2.30. The second-order valence-electron chi connectivity index (χ2n) is 6.40. The van der Waals surface area contributed by atoms with Crippen molar-refractivity contribution < 1.29 is 22.0 Å². The molecular weight excluding hydrogens is 360 g/mol. The zero-order valence-corrected chi connectivity index (χ0v) is 14.8. The Labute approximate surface area is 154 Å². The molecule has 27 heavy (non-hydrogen) atoms. The lowest BCUT2D eigenvalue weighted by Crippen LogP contribution is -2.18. The number of halogens is 4. The van der Waals surface area contributed by atoms with Crippen LogP contribution in [0.1, 0.15) is 22.6 Å². The summed E-state index contributed by atoms with van der Waals surface area (Å²) in [5.74, 6) is 0.520. The lowest BCUT2D eigenvalue weighted by Gasteiger charge is -2.16. The quantitative estimate of drug-likeness (QED) is 0.554. The second kappa shape index (κ2) is 7.52. The molecule has 142 valence electrons. The van der Waals surface area contributed by atoms with Crippen LogP contribution in [-0.2, 0) is 19.3 Å². The first kappa shape index (κ1) is 19.1. The maximum atomic E-state index is 13.4. The SMILES string of the molecule is Cc1oc(-c2cccc(F)c2)nc1CN(C)Cc1cccc(C(F)(F)F)c1. The number of aryl methyl sites for hydroxylation is 1. The summed E-state index contributed by atoms with van der Waals surface area (Å²) in [5.41, 5.74) is 1.08. The van der Waals surface area contributed by atoms with Crippen molar-refractivity contribution in [2.24, 2.45) is 0 Å². The molecule has 0 saturated carbocycles. The topological polar surface area (TPSA) is 29.3 Å². The molecule has 1 aromatic heterocycles. The van der Waals surface area contributed by atoms with E-state index >= 15 is 0 Å². The average Bonchev–Trinajstić information content (AvgIpc) is 2.95. The monoisotopic (exact) mass is 378 g/mol. The zero-order valence-electron chi connectivity index (χ0n) is 14.8. The highest BCUT2D eigenvalue weighted by Crippen LogP contribution is 2.30. The number of benzene rings is 2. The predicted octanol–water partition coefficient (Wildman–Crippen LogP) is 5.44. The molecule has 1 heterocycles. The largest absolute Gasteiger partial charge is 0.441 e. The van der Waals surface area contributed by atoms with Gasteiger partial charge < -0.3 is 4.42 Å². The number of alkyl halides is 3. The summed E-state index contributed by atoms with van der Waals surface area (Å²) in [6.07, 6.45) is -4.36. The Kier molecular flexibility index (Phi) is 5.32. The summed E-state index contributed by atoms with van der Waals surface area (Å²) in [7, 11) is 1.79. The summed E-state index contributed by atoms with van der Waals surface area (Å²) in [6, 6.07) is 11.2. The molecule has 0 radical (unpaired) electrons. The van der Waals surface area contributed by atoms with E-state index in [9.17, 15) is 17.6 Å². The molecule has 0 spiro atoms. The number of nitrogens with zero attached hydrogens (tertiary/aromatic N) is 2. The van der Waals surface area contributed by atoms with Crippen LogP contribution in [-0.4, -0.2) is 16.9 Å². The predicted molar refractivity (Wildman–Crippen MR) is 93.2 cm³/mol. The van der Waals surface area contributed by atoms with E-state index in [2.05, 4.69) is 4.98 Å². The van der Waals surface area contributed by atoms with Crippen molar-refractivity contribution in [1.29, 1.82) is 0 Å². The van der Waals surface area contributed by atoms with Crippen molar-refractivity contribution in [1.82, 2.24) is 9.88 Å². The lowest BCUT2D eigenvalue weighted by molar-refractivity contribution is -0.137. The second-order valence-corrected chi connectivity index (χ2v) is 6.40. The van der Waals surface area contributed by atoms with Gasteiger partial charge in [0.15, 0.2) is 0 Å². The third-order valence-corrected chi connectivity index (χ3v) is 4.09. The van der Waals surface area contributed by atoms with Gasteiger partial charge in [-0.15, -0.1) is 0 Å². The Balaban J connectivity index is 1.72. The molecule has 0 bridgehead atoms. The Morgan fingerprint density at radius 3 is 2.48 bits per heavy atom. The minimum Gasteiger partial charge on any atom is -0.441 e. The van der Waals surface area contributed by atoms with Crippen molar-refractivity contribution in [3.05, 3.63) is 76.9 Å². The highest BCUT2D eigenvalue weighted by atomic mass is 19.4. The van der Waals surface area contributed by atoms with Crippen molar-refractivity contribution in [3.63, 3.8) is 0 Å². The number of hydrogen-bond donors (Lipinski definition) is 0. The fourth-order valence-corrected chi connectivity index (χ4v) is 2.79. The lowest BCUT2D eigenvalue weighted by atomic mass is 10.1. The molecule has 0 fully saturated rings. The van der Waals surface area contributed by atoms with Gasteiger partial charge in [0.1, 0.15) is 11.6 Å². The van der Waals surface area contributed by atoms with E-state index in [0.29, 0.717) is 41.6 Å². The van der Waals surface area contributed by atoms with Gasteiger partial charge in [-0.2, -0.15) is 13.2 Å². The van der Waals surface area contributed by atoms with Crippen LogP contribution in [0, 0.1) is 12.7 Å². The molecule has 0 atom stereocenters. The summed E-state index contributed by atoms with van der Waals surface area (Å²) >= 11 is 0. The van der Waals surface area contributed by atoms with Gasteiger partial charge in [0.05, 0.1) is 11.3 Å². The van der Waals surface area contributed by atoms with Gasteiger partial charge in [-0.05, 0) is 43.8 Å². The fraction of sp³-hybridized carbons (Fsp3) is 0.250. The molecule has 0 aliphatic rings. The van der Waals surface area contributed by atoms with E-state index in [1.165, 1.54) is 18.2 Å². The van der Waals surface area contributed by atoms with Crippen LogP contribution in [0.15, 0.2) is 52.9 Å². The normalized spacial score (nSPS) is 12.0. The summed E-state index contributed by atoms with van der Waals surface area (Å²) in [5, 5.41) is 0. The molecule has 0 N–H and O–H groups in total. The van der Waals surface area contributed by atoms with E-state index in [0.717, 1.165) is 12.1 Å². The maximum Gasteiger partial charge on any atom is 0.416 e. The van der Waals surface area contributed by atoms with Crippen LogP contribution in [0.4, 0.5) is 17.6 Å². The molecule has 3 aromatic rings. The molecule has 0 unspecified atom stereocenters. The molecule has 0 aliphatic carbocycles. The van der Waals surface area contributed by atoms with Crippen LogP contribution in [0.2, 0.25) is 0 Å². The van der Waals surface area contributed by atoms with Crippen LogP contribution >= 0.6 is 0 Å². The molecule has 3 rings (SSSR count). The molecular formula is C20H18F4N2O. The molecule has 0 aliphatic heterocycles. The summed E-state index contributed by atoms with van der Waals surface area (Å²) in [4.78, 5) is 6.25. The zero-order chi connectivity index (χ0) is 19.6. The van der Waals surface area contributed by atoms with Gasteiger partial charge in [-0.25, -0.2) is 9.37 Å². The first-order valence-corrected chi connectivity index (χ1v) is 8.29. The van der Waals surface area contributed by atoms with E-state index in [1.54, 1.807) is 32.2 Å². The maximum absolute atomic E-state index is 13.4. The first-order chi connectivity index (χ1) is 12.7. The van der Waals surface area contributed by atoms with Crippen LogP contribution < -0.4 is 0 Å². The van der Waals surface area contributed by atoms with Gasteiger partial charge >= 0.3 is 6.18 Å². The molecule has 3 nitrogen and oxygen atoms in total. The van der Waals surface area contributed by atoms with Crippen molar-refractivity contribution in [2.45, 2.75) is 26.2 Å². The van der Waals surface area contributed by atoms with Crippen LogP contribution in [0.5, 0.6) is 0 Å². The van der Waals surface area contributed by atoms with E-state index < -0.39 is 11.7 Å². The molecule has 7 heteroatoms. The highest BCUT2D eigenvalue weighted by molar-refractivity contribution is 5.53. The Morgan fingerprint density at radius 2 is 1.78 bits per heavy atom. The van der Waals surface area contributed by atoms with Crippen molar-refractivity contribution >= 4 is 0 Å². The number of oxazole rings is 1. The Bertz CT molecular complexity index is 934. The summed E-state index contributed by atoms with van der Waals surface area (Å²) < 4.78 is 57.5. The smallest absolute Gasteiger partial charge is 0.416 e. The Morgan fingerprint density at radius 1 is 1.04 bits per heavy atom. The fourth-order valence-electron chi connectivity index (χ4n) is 2.79. The van der Waals surface area contributed by atoms with Gasteiger partial charge in [0.25, 0.3) is 0 Å².